The third kappa shape index (κ3) is 3.72. The zero-order valence-corrected chi connectivity index (χ0v) is 12.7. The van der Waals surface area contributed by atoms with Gasteiger partial charge >= 0.3 is 5.97 Å². The van der Waals surface area contributed by atoms with Crippen molar-refractivity contribution in [1.29, 1.82) is 0 Å². The molecule has 0 saturated heterocycles. The predicted molar refractivity (Wildman–Crippen MR) is 78.4 cm³/mol. The molecule has 0 aliphatic rings. The molecular formula is C15H12BrFO4. The Morgan fingerprint density at radius 3 is 2.62 bits per heavy atom. The van der Waals surface area contributed by atoms with E-state index in [2.05, 4.69) is 15.9 Å². The molecule has 110 valence electrons. The summed E-state index contributed by atoms with van der Waals surface area (Å²) in [4.78, 5) is 11.1. The molecule has 0 spiro atoms. The monoisotopic (exact) mass is 354 g/mol. The Hall–Kier alpha value is -2.08. The Bertz CT molecular complexity index is 673. The summed E-state index contributed by atoms with van der Waals surface area (Å²) in [5, 5.41) is 9.05. The molecule has 0 atom stereocenters. The average Bonchev–Trinajstić information content (AvgIpc) is 2.46. The lowest BCUT2D eigenvalue weighted by Gasteiger charge is -2.12. The summed E-state index contributed by atoms with van der Waals surface area (Å²) in [6.45, 7) is 0.106. The molecule has 0 amide bonds. The molecular weight excluding hydrogens is 343 g/mol. The van der Waals surface area contributed by atoms with E-state index in [1.165, 1.54) is 13.2 Å². The lowest BCUT2D eigenvalue weighted by molar-refractivity contribution is 0.0691. The number of aromatic carboxylic acids is 1. The minimum absolute atomic E-state index is 0.103. The van der Waals surface area contributed by atoms with Gasteiger partial charge in [-0.1, -0.05) is 15.9 Å². The number of rotatable bonds is 5. The van der Waals surface area contributed by atoms with Crippen molar-refractivity contribution in [3.05, 3.63) is 57.8 Å². The van der Waals surface area contributed by atoms with Gasteiger partial charge in [0.2, 0.25) is 0 Å². The Labute approximate surface area is 129 Å². The van der Waals surface area contributed by atoms with Gasteiger partial charge in [-0.3, -0.25) is 0 Å². The molecule has 0 radical (unpaired) electrons. The maximum Gasteiger partial charge on any atom is 0.339 e. The van der Waals surface area contributed by atoms with Gasteiger partial charge < -0.3 is 14.6 Å². The fourth-order valence-electron chi connectivity index (χ4n) is 1.81. The number of carboxylic acids is 1. The number of ether oxygens (including phenoxy) is 2. The Balaban J connectivity index is 2.24. The fourth-order valence-corrected chi connectivity index (χ4v) is 2.22. The van der Waals surface area contributed by atoms with Crippen LogP contribution in [-0.4, -0.2) is 18.2 Å². The highest BCUT2D eigenvalue weighted by Gasteiger charge is 2.13. The Morgan fingerprint density at radius 2 is 1.95 bits per heavy atom. The normalized spacial score (nSPS) is 10.2. The van der Waals surface area contributed by atoms with E-state index >= 15 is 0 Å². The van der Waals surface area contributed by atoms with E-state index < -0.39 is 11.8 Å². The first-order valence-electron chi connectivity index (χ1n) is 5.99. The molecule has 21 heavy (non-hydrogen) atoms. The maximum absolute atomic E-state index is 13.1. The van der Waals surface area contributed by atoms with Crippen LogP contribution in [0.25, 0.3) is 0 Å². The first-order valence-corrected chi connectivity index (χ1v) is 6.78. The molecule has 0 heterocycles. The van der Waals surface area contributed by atoms with E-state index in [0.29, 0.717) is 5.75 Å². The topological polar surface area (TPSA) is 55.8 Å². The summed E-state index contributed by atoms with van der Waals surface area (Å²) >= 11 is 3.34. The highest BCUT2D eigenvalue weighted by atomic mass is 79.9. The molecule has 1 N–H and O–H groups in total. The summed E-state index contributed by atoms with van der Waals surface area (Å²) in [5.41, 5.74) is 0.525. The number of hydrogen-bond acceptors (Lipinski definition) is 3. The van der Waals surface area contributed by atoms with Crippen LogP contribution in [0.2, 0.25) is 0 Å². The van der Waals surface area contributed by atoms with Crippen molar-refractivity contribution >= 4 is 21.9 Å². The van der Waals surface area contributed by atoms with E-state index in [1.54, 1.807) is 6.07 Å². The Kier molecular flexibility index (Phi) is 4.80. The van der Waals surface area contributed by atoms with E-state index in [4.69, 9.17) is 14.6 Å². The van der Waals surface area contributed by atoms with Crippen molar-refractivity contribution in [2.45, 2.75) is 6.61 Å². The highest BCUT2D eigenvalue weighted by Crippen LogP contribution is 2.26. The SMILES string of the molecule is COc1ccc(Br)cc1COc1ccc(F)cc1C(=O)O. The average molecular weight is 355 g/mol. The first kappa shape index (κ1) is 15.3. The van der Waals surface area contributed by atoms with Gasteiger partial charge in [0.05, 0.1) is 7.11 Å². The second-order valence-corrected chi connectivity index (χ2v) is 5.11. The van der Waals surface area contributed by atoms with Gasteiger partial charge in [0.1, 0.15) is 29.5 Å². The number of carbonyl (C=O) groups is 1. The smallest absolute Gasteiger partial charge is 0.339 e. The van der Waals surface area contributed by atoms with Crippen LogP contribution in [0.1, 0.15) is 15.9 Å². The molecule has 2 aromatic rings. The molecule has 6 heteroatoms. The van der Waals surface area contributed by atoms with Crippen molar-refractivity contribution in [3.63, 3.8) is 0 Å². The summed E-state index contributed by atoms with van der Waals surface area (Å²) in [6, 6.07) is 8.77. The minimum atomic E-state index is -1.24. The van der Waals surface area contributed by atoms with Crippen molar-refractivity contribution in [2.75, 3.05) is 7.11 Å². The lowest BCUT2D eigenvalue weighted by atomic mass is 10.2. The molecule has 2 rings (SSSR count). The number of halogens is 2. The number of carboxylic acid groups (broad SMARTS) is 1. The summed E-state index contributed by atoms with van der Waals surface area (Å²) in [5.74, 6) is -1.14. The lowest BCUT2D eigenvalue weighted by Crippen LogP contribution is -2.05. The summed E-state index contributed by atoms with van der Waals surface area (Å²) in [6.07, 6.45) is 0. The van der Waals surface area contributed by atoms with Crippen LogP contribution >= 0.6 is 15.9 Å². The van der Waals surface area contributed by atoms with Gasteiger partial charge in [-0.05, 0) is 36.4 Å². The van der Waals surface area contributed by atoms with E-state index in [0.717, 1.165) is 22.2 Å². The highest BCUT2D eigenvalue weighted by molar-refractivity contribution is 9.10. The Morgan fingerprint density at radius 1 is 1.24 bits per heavy atom. The van der Waals surface area contributed by atoms with Crippen LogP contribution in [0, 0.1) is 5.82 Å². The maximum atomic E-state index is 13.1. The quantitative estimate of drug-likeness (QED) is 0.885. The van der Waals surface area contributed by atoms with Crippen molar-refractivity contribution in [1.82, 2.24) is 0 Å². The zero-order chi connectivity index (χ0) is 15.4. The fraction of sp³-hybridized carbons (Fsp3) is 0.133. The van der Waals surface area contributed by atoms with E-state index in [-0.39, 0.29) is 17.9 Å². The molecule has 0 saturated carbocycles. The summed E-state index contributed by atoms with van der Waals surface area (Å²) in [7, 11) is 1.54. The third-order valence-electron chi connectivity index (χ3n) is 2.80. The molecule has 4 nitrogen and oxygen atoms in total. The molecule has 0 fully saturated rings. The second kappa shape index (κ2) is 6.58. The van der Waals surface area contributed by atoms with Crippen LogP contribution in [0.15, 0.2) is 40.9 Å². The number of benzene rings is 2. The summed E-state index contributed by atoms with van der Waals surface area (Å²) < 4.78 is 24.6. The minimum Gasteiger partial charge on any atom is -0.496 e. The molecule has 0 unspecified atom stereocenters. The van der Waals surface area contributed by atoms with Crippen LogP contribution in [0.3, 0.4) is 0 Å². The first-order chi connectivity index (χ1) is 10.0. The van der Waals surface area contributed by atoms with Gasteiger partial charge in [0.25, 0.3) is 0 Å². The van der Waals surface area contributed by atoms with Gasteiger partial charge in [0.15, 0.2) is 0 Å². The van der Waals surface area contributed by atoms with E-state index in [9.17, 15) is 9.18 Å². The van der Waals surface area contributed by atoms with E-state index in [1.807, 2.05) is 12.1 Å². The molecule has 2 aromatic carbocycles. The molecule has 0 aromatic heterocycles. The number of methoxy groups -OCH3 is 1. The molecule has 0 bridgehead atoms. The molecule has 0 aliphatic heterocycles. The van der Waals surface area contributed by atoms with Crippen molar-refractivity contribution < 1.29 is 23.8 Å². The standard InChI is InChI=1S/C15H12BrFO4/c1-20-13-4-2-10(16)6-9(13)8-21-14-5-3-11(17)7-12(14)15(18)19/h2-7H,8H2,1H3,(H,18,19). The van der Waals surface area contributed by atoms with Crippen LogP contribution in [0.4, 0.5) is 4.39 Å². The van der Waals surface area contributed by atoms with Gasteiger partial charge in [-0.25, -0.2) is 9.18 Å². The zero-order valence-electron chi connectivity index (χ0n) is 11.1. The van der Waals surface area contributed by atoms with Gasteiger partial charge in [-0.15, -0.1) is 0 Å². The van der Waals surface area contributed by atoms with Crippen molar-refractivity contribution in [3.8, 4) is 11.5 Å². The number of hydrogen-bond donors (Lipinski definition) is 1. The second-order valence-electron chi connectivity index (χ2n) is 4.19. The van der Waals surface area contributed by atoms with Gasteiger partial charge in [0, 0.05) is 10.0 Å². The van der Waals surface area contributed by atoms with Crippen molar-refractivity contribution in [2.24, 2.45) is 0 Å². The largest absolute Gasteiger partial charge is 0.496 e. The van der Waals surface area contributed by atoms with Crippen LogP contribution in [0.5, 0.6) is 11.5 Å². The molecule has 0 aliphatic carbocycles. The third-order valence-corrected chi connectivity index (χ3v) is 3.29. The van der Waals surface area contributed by atoms with Crippen LogP contribution in [-0.2, 0) is 6.61 Å². The van der Waals surface area contributed by atoms with Crippen LogP contribution < -0.4 is 9.47 Å². The predicted octanol–water partition coefficient (Wildman–Crippen LogP) is 3.87. The van der Waals surface area contributed by atoms with Gasteiger partial charge in [-0.2, -0.15) is 0 Å².